The van der Waals surface area contributed by atoms with Crippen molar-refractivity contribution in [2.24, 2.45) is 5.41 Å². The zero-order valence-corrected chi connectivity index (χ0v) is 16.1. The number of carbonyl (C=O) groups excluding carboxylic acids is 1. The van der Waals surface area contributed by atoms with E-state index in [0.29, 0.717) is 32.6 Å². The van der Waals surface area contributed by atoms with Crippen LogP contribution in [0.15, 0.2) is 24.3 Å². The quantitative estimate of drug-likeness (QED) is 0.701. The van der Waals surface area contributed by atoms with E-state index in [2.05, 4.69) is 10.6 Å². The number of aryl methyl sites for hydroxylation is 1. The van der Waals surface area contributed by atoms with Gasteiger partial charge < -0.3 is 20.1 Å². The van der Waals surface area contributed by atoms with Crippen molar-refractivity contribution in [3.05, 3.63) is 29.8 Å². The summed E-state index contributed by atoms with van der Waals surface area (Å²) in [5.41, 5.74) is 1.15. The maximum Gasteiger partial charge on any atom is 0.220 e. The zero-order chi connectivity index (χ0) is 17.3. The average molecular weight is 371 g/mol. The first kappa shape index (κ1) is 21.7. The molecule has 2 rings (SSSR count). The fourth-order valence-corrected chi connectivity index (χ4v) is 3.26. The van der Waals surface area contributed by atoms with Gasteiger partial charge in [-0.3, -0.25) is 4.79 Å². The van der Waals surface area contributed by atoms with Crippen molar-refractivity contribution in [1.82, 2.24) is 10.6 Å². The molecule has 0 atom stereocenters. The summed E-state index contributed by atoms with van der Waals surface area (Å²) >= 11 is 0. The first-order valence-corrected chi connectivity index (χ1v) is 8.86. The summed E-state index contributed by atoms with van der Waals surface area (Å²) in [5.74, 6) is 0.970. The van der Waals surface area contributed by atoms with Gasteiger partial charge >= 0.3 is 0 Å². The molecule has 1 aromatic rings. The van der Waals surface area contributed by atoms with Gasteiger partial charge in [0.1, 0.15) is 5.75 Å². The van der Waals surface area contributed by atoms with Crippen LogP contribution in [0.3, 0.4) is 0 Å². The van der Waals surface area contributed by atoms with Crippen molar-refractivity contribution in [3.63, 3.8) is 0 Å². The Balaban J connectivity index is 0.00000312. The summed E-state index contributed by atoms with van der Waals surface area (Å²) in [6.07, 6.45) is 3.24. The fraction of sp³-hybridized carbons (Fsp3) is 0.632. The van der Waals surface area contributed by atoms with E-state index in [1.54, 1.807) is 7.11 Å². The lowest BCUT2D eigenvalue weighted by Crippen LogP contribution is -2.47. The van der Waals surface area contributed by atoms with Crippen LogP contribution in [0, 0.1) is 5.41 Å². The summed E-state index contributed by atoms with van der Waals surface area (Å²) in [5, 5.41) is 6.48. The van der Waals surface area contributed by atoms with Gasteiger partial charge in [0.25, 0.3) is 0 Å². The monoisotopic (exact) mass is 370 g/mol. The second-order valence-electron chi connectivity index (χ2n) is 6.50. The third-order valence-corrected chi connectivity index (χ3v) is 4.67. The Kier molecular flexibility index (Phi) is 9.86. The number of halogens is 1. The second-order valence-corrected chi connectivity index (χ2v) is 6.50. The van der Waals surface area contributed by atoms with Crippen molar-refractivity contribution in [2.45, 2.75) is 32.6 Å². The topological polar surface area (TPSA) is 59.6 Å². The molecule has 0 bridgehead atoms. The van der Waals surface area contributed by atoms with Crippen molar-refractivity contribution < 1.29 is 14.3 Å². The Labute approximate surface area is 157 Å². The average Bonchev–Trinajstić information content (AvgIpc) is 2.61. The van der Waals surface area contributed by atoms with Crippen molar-refractivity contribution in [2.75, 3.05) is 40.0 Å². The van der Waals surface area contributed by atoms with Crippen LogP contribution >= 0.6 is 12.4 Å². The van der Waals surface area contributed by atoms with Gasteiger partial charge in [-0.1, -0.05) is 18.2 Å². The minimum atomic E-state index is 0. The van der Waals surface area contributed by atoms with Crippen LogP contribution in [-0.2, 0) is 16.0 Å². The maximum absolute atomic E-state index is 12.3. The van der Waals surface area contributed by atoms with E-state index >= 15 is 0 Å². The van der Waals surface area contributed by atoms with E-state index in [1.807, 2.05) is 31.2 Å². The molecule has 0 aromatic heterocycles. The highest BCUT2D eigenvalue weighted by Gasteiger charge is 2.32. The number of ether oxygens (including phenoxy) is 2. The van der Waals surface area contributed by atoms with Crippen LogP contribution in [0.25, 0.3) is 0 Å². The van der Waals surface area contributed by atoms with Gasteiger partial charge in [0.15, 0.2) is 0 Å². The molecule has 0 aliphatic carbocycles. The Morgan fingerprint density at radius 1 is 1.28 bits per heavy atom. The number of para-hydroxylation sites is 1. The number of benzene rings is 1. The van der Waals surface area contributed by atoms with Crippen LogP contribution in [-0.4, -0.2) is 45.9 Å². The Morgan fingerprint density at radius 2 is 2.00 bits per heavy atom. The molecule has 2 N–H and O–H groups in total. The molecule has 6 heteroatoms. The van der Waals surface area contributed by atoms with Gasteiger partial charge in [0.05, 0.1) is 13.2 Å². The predicted octanol–water partition coefficient (Wildman–Crippen LogP) is 2.57. The molecule has 5 nitrogen and oxygen atoms in total. The molecule has 1 amide bonds. The van der Waals surface area contributed by atoms with Crippen molar-refractivity contribution in [3.8, 4) is 5.75 Å². The molecule has 1 heterocycles. The number of hydrogen-bond acceptors (Lipinski definition) is 4. The normalized spacial score (nSPS) is 15.9. The van der Waals surface area contributed by atoms with Gasteiger partial charge in [-0.2, -0.15) is 0 Å². The van der Waals surface area contributed by atoms with Gasteiger partial charge in [-0.05, 0) is 50.9 Å². The largest absolute Gasteiger partial charge is 0.494 e. The standard InChI is InChI=1S/C19H30N2O3.ClH/c1-3-24-17-7-5-4-6-16(17)8-9-18(22)21-14-19(15-23-2)10-12-20-13-11-19;/h4-7,20H,3,8-15H2,1-2H3,(H,21,22);1H. The molecule has 0 radical (unpaired) electrons. The number of piperidine rings is 1. The Bertz CT molecular complexity index is 514. The minimum absolute atomic E-state index is 0. The zero-order valence-electron chi connectivity index (χ0n) is 15.3. The van der Waals surface area contributed by atoms with Gasteiger partial charge in [0.2, 0.25) is 5.91 Å². The van der Waals surface area contributed by atoms with Crippen LogP contribution in [0.2, 0.25) is 0 Å². The summed E-state index contributed by atoms with van der Waals surface area (Å²) in [4.78, 5) is 12.3. The molecular weight excluding hydrogens is 340 g/mol. The van der Waals surface area contributed by atoms with Crippen molar-refractivity contribution >= 4 is 18.3 Å². The molecular formula is C19H31ClN2O3. The lowest BCUT2D eigenvalue weighted by Gasteiger charge is -2.37. The summed E-state index contributed by atoms with van der Waals surface area (Å²) in [6.45, 7) is 5.97. The lowest BCUT2D eigenvalue weighted by molar-refractivity contribution is -0.122. The minimum Gasteiger partial charge on any atom is -0.494 e. The number of rotatable bonds is 9. The number of carbonyl (C=O) groups is 1. The molecule has 0 saturated carbocycles. The Morgan fingerprint density at radius 3 is 2.68 bits per heavy atom. The number of methoxy groups -OCH3 is 1. The van der Waals surface area contributed by atoms with Crippen molar-refractivity contribution in [1.29, 1.82) is 0 Å². The highest BCUT2D eigenvalue weighted by molar-refractivity contribution is 5.85. The molecule has 1 aliphatic heterocycles. The third-order valence-electron chi connectivity index (χ3n) is 4.67. The number of nitrogens with one attached hydrogen (secondary N) is 2. The van der Waals surface area contributed by atoms with Gasteiger partial charge in [-0.25, -0.2) is 0 Å². The molecule has 25 heavy (non-hydrogen) atoms. The highest BCUT2D eigenvalue weighted by atomic mass is 35.5. The van der Waals surface area contributed by atoms with E-state index in [9.17, 15) is 4.79 Å². The van der Waals surface area contributed by atoms with Gasteiger partial charge in [0, 0.05) is 25.5 Å². The summed E-state index contributed by atoms with van der Waals surface area (Å²) in [6, 6.07) is 7.93. The summed E-state index contributed by atoms with van der Waals surface area (Å²) < 4.78 is 11.0. The fourth-order valence-electron chi connectivity index (χ4n) is 3.26. The third kappa shape index (κ3) is 6.84. The first-order chi connectivity index (χ1) is 11.7. The Hall–Kier alpha value is -1.30. The maximum atomic E-state index is 12.3. The number of hydrogen-bond donors (Lipinski definition) is 2. The van der Waals surface area contributed by atoms with Crippen LogP contribution in [0.5, 0.6) is 5.75 Å². The lowest BCUT2D eigenvalue weighted by atomic mass is 9.79. The molecule has 1 aromatic carbocycles. The van der Waals surface area contributed by atoms with E-state index in [0.717, 1.165) is 37.2 Å². The van der Waals surface area contributed by atoms with E-state index in [1.165, 1.54) is 0 Å². The molecule has 1 aliphatic rings. The smallest absolute Gasteiger partial charge is 0.220 e. The second kappa shape index (κ2) is 11.3. The predicted molar refractivity (Wildman–Crippen MR) is 103 cm³/mol. The molecule has 1 fully saturated rings. The first-order valence-electron chi connectivity index (χ1n) is 8.86. The van der Waals surface area contributed by atoms with Crippen LogP contribution < -0.4 is 15.4 Å². The SMILES string of the molecule is CCOc1ccccc1CCC(=O)NCC1(COC)CCNCC1.Cl. The van der Waals surface area contributed by atoms with E-state index < -0.39 is 0 Å². The molecule has 0 unspecified atom stereocenters. The highest BCUT2D eigenvalue weighted by Crippen LogP contribution is 2.28. The van der Waals surface area contributed by atoms with E-state index in [-0.39, 0.29) is 23.7 Å². The molecule has 0 spiro atoms. The number of amides is 1. The molecule has 1 saturated heterocycles. The van der Waals surface area contributed by atoms with Crippen LogP contribution in [0.4, 0.5) is 0 Å². The summed E-state index contributed by atoms with van der Waals surface area (Å²) in [7, 11) is 1.73. The van der Waals surface area contributed by atoms with Crippen LogP contribution in [0.1, 0.15) is 31.7 Å². The van der Waals surface area contributed by atoms with Gasteiger partial charge in [-0.15, -0.1) is 12.4 Å². The molecule has 142 valence electrons. The van der Waals surface area contributed by atoms with E-state index in [4.69, 9.17) is 9.47 Å².